The van der Waals surface area contributed by atoms with Gasteiger partial charge in [0.15, 0.2) is 0 Å². The van der Waals surface area contributed by atoms with Crippen molar-refractivity contribution in [3.05, 3.63) is 30.1 Å². The van der Waals surface area contributed by atoms with Crippen molar-refractivity contribution >= 4 is 10.0 Å². The molecule has 1 aromatic rings. The van der Waals surface area contributed by atoms with Crippen molar-refractivity contribution in [2.45, 2.75) is 37.1 Å². The molecule has 1 aliphatic heterocycles. The minimum absolute atomic E-state index is 0.0409. The Kier molecular flexibility index (Phi) is 5.12. The van der Waals surface area contributed by atoms with Crippen LogP contribution in [0.25, 0.3) is 0 Å². The third-order valence-electron chi connectivity index (χ3n) is 3.58. The van der Waals surface area contributed by atoms with Gasteiger partial charge >= 0.3 is 0 Å². The predicted octanol–water partition coefficient (Wildman–Crippen LogP) is 1.98. The van der Waals surface area contributed by atoms with Crippen LogP contribution in [0.2, 0.25) is 0 Å². The minimum atomic E-state index is -3.76. The molecule has 0 unspecified atom stereocenters. The van der Waals surface area contributed by atoms with Crippen molar-refractivity contribution in [1.82, 2.24) is 9.62 Å². The molecule has 0 atom stereocenters. The second-order valence-electron chi connectivity index (χ2n) is 5.03. The Bertz CT molecular complexity index is 542. The maximum atomic E-state index is 13.8. The summed E-state index contributed by atoms with van der Waals surface area (Å²) in [6.07, 6.45) is 2.26. The molecule has 0 spiro atoms. The first kappa shape index (κ1) is 15.4. The predicted molar refractivity (Wildman–Crippen MR) is 76.5 cm³/mol. The van der Waals surface area contributed by atoms with Gasteiger partial charge in [-0.2, -0.15) is 4.31 Å². The van der Waals surface area contributed by atoms with E-state index in [-0.39, 0.29) is 10.9 Å². The average molecular weight is 300 g/mol. The summed E-state index contributed by atoms with van der Waals surface area (Å²) in [4.78, 5) is -0.216. The lowest BCUT2D eigenvalue weighted by atomic mass is 10.1. The van der Waals surface area contributed by atoms with E-state index < -0.39 is 15.8 Å². The van der Waals surface area contributed by atoms with Crippen LogP contribution in [0.1, 0.15) is 26.2 Å². The molecular formula is C14H21FN2O2S. The van der Waals surface area contributed by atoms with E-state index in [9.17, 15) is 12.8 Å². The lowest BCUT2D eigenvalue weighted by Gasteiger charge is -2.33. The average Bonchev–Trinajstić information content (AvgIpc) is 2.45. The topological polar surface area (TPSA) is 49.4 Å². The monoisotopic (exact) mass is 300 g/mol. The van der Waals surface area contributed by atoms with Crippen LogP contribution in [0.3, 0.4) is 0 Å². The molecule has 1 heterocycles. The van der Waals surface area contributed by atoms with E-state index in [0.29, 0.717) is 6.54 Å². The quantitative estimate of drug-likeness (QED) is 0.904. The van der Waals surface area contributed by atoms with Crippen LogP contribution in [-0.2, 0) is 10.0 Å². The standard InChI is InChI=1S/C14H21FN2O2S/c1-2-11-17(12-7-9-16-10-8-12)20(18,19)14-6-4-3-5-13(14)15/h3-6,12,16H,2,7-11H2,1H3. The zero-order valence-corrected chi connectivity index (χ0v) is 12.5. The minimum Gasteiger partial charge on any atom is -0.317 e. The summed E-state index contributed by atoms with van der Waals surface area (Å²) in [6, 6.07) is 5.56. The SMILES string of the molecule is CCCN(C1CCNCC1)S(=O)(=O)c1ccccc1F. The van der Waals surface area contributed by atoms with Gasteiger partial charge in [0.2, 0.25) is 10.0 Å². The Morgan fingerprint density at radius 3 is 2.55 bits per heavy atom. The number of piperidine rings is 1. The molecule has 1 N–H and O–H groups in total. The van der Waals surface area contributed by atoms with Crippen molar-refractivity contribution in [3.63, 3.8) is 0 Å². The van der Waals surface area contributed by atoms with Gasteiger partial charge in [-0.05, 0) is 44.5 Å². The van der Waals surface area contributed by atoms with Gasteiger partial charge < -0.3 is 5.32 Å². The summed E-state index contributed by atoms with van der Waals surface area (Å²) in [7, 11) is -3.76. The molecular weight excluding hydrogens is 279 g/mol. The Morgan fingerprint density at radius 1 is 1.30 bits per heavy atom. The Hall–Kier alpha value is -0.980. The summed E-state index contributed by atoms with van der Waals surface area (Å²) in [5.74, 6) is -0.678. The van der Waals surface area contributed by atoms with Gasteiger partial charge in [0.1, 0.15) is 10.7 Å². The maximum Gasteiger partial charge on any atom is 0.246 e. The lowest BCUT2D eigenvalue weighted by Crippen LogP contribution is -2.46. The molecule has 1 saturated heterocycles. The Morgan fingerprint density at radius 2 is 1.95 bits per heavy atom. The second-order valence-corrected chi connectivity index (χ2v) is 6.89. The molecule has 1 aromatic carbocycles. The number of sulfonamides is 1. The van der Waals surface area contributed by atoms with E-state index >= 15 is 0 Å². The lowest BCUT2D eigenvalue weighted by molar-refractivity contribution is 0.261. The van der Waals surface area contributed by atoms with E-state index in [0.717, 1.165) is 32.4 Å². The molecule has 1 fully saturated rings. The van der Waals surface area contributed by atoms with Crippen LogP contribution in [-0.4, -0.2) is 38.4 Å². The molecule has 0 amide bonds. The number of nitrogens with zero attached hydrogens (tertiary/aromatic N) is 1. The molecule has 0 aromatic heterocycles. The number of rotatable bonds is 5. The second kappa shape index (κ2) is 6.65. The molecule has 0 bridgehead atoms. The van der Waals surface area contributed by atoms with Crippen molar-refractivity contribution < 1.29 is 12.8 Å². The molecule has 1 aliphatic rings. The fraction of sp³-hybridized carbons (Fsp3) is 0.571. The van der Waals surface area contributed by atoms with Gasteiger partial charge in [0.25, 0.3) is 0 Å². The molecule has 2 rings (SSSR count). The highest BCUT2D eigenvalue weighted by Crippen LogP contribution is 2.24. The Balaban J connectivity index is 2.34. The third-order valence-corrected chi connectivity index (χ3v) is 5.57. The van der Waals surface area contributed by atoms with Crippen molar-refractivity contribution in [2.75, 3.05) is 19.6 Å². The van der Waals surface area contributed by atoms with Crippen LogP contribution in [0.4, 0.5) is 4.39 Å². The van der Waals surface area contributed by atoms with Crippen molar-refractivity contribution in [3.8, 4) is 0 Å². The van der Waals surface area contributed by atoms with E-state index in [1.165, 1.54) is 22.5 Å². The van der Waals surface area contributed by atoms with Crippen LogP contribution in [0, 0.1) is 5.82 Å². The largest absolute Gasteiger partial charge is 0.317 e. The van der Waals surface area contributed by atoms with Gasteiger partial charge in [-0.25, -0.2) is 12.8 Å². The molecule has 4 nitrogen and oxygen atoms in total. The van der Waals surface area contributed by atoms with Crippen LogP contribution in [0.15, 0.2) is 29.2 Å². The summed E-state index contributed by atoms with van der Waals surface area (Å²) >= 11 is 0. The normalized spacial score (nSPS) is 17.6. The first-order chi connectivity index (χ1) is 9.57. The summed E-state index contributed by atoms with van der Waals surface area (Å²) in [6.45, 7) is 3.97. The summed E-state index contributed by atoms with van der Waals surface area (Å²) < 4.78 is 40.7. The van der Waals surface area contributed by atoms with E-state index in [2.05, 4.69) is 5.32 Å². The van der Waals surface area contributed by atoms with Gasteiger partial charge in [-0.1, -0.05) is 19.1 Å². The highest BCUT2D eigenvalue weighted by molar-refractivity contribution is 7.89. The third kappa shape index (κ3) is 3.19. The van der Waals surface area contributed by atoms with Crippen molar-refractivity contribution in [2.24, 2.45) is 0 Å². The molecule has 6 heteroatoms. The van der Waals surface area contributed by atoms with Gasteiger partial charge in [-0.15, -0.1) is 0 Å². The van der Waals surface area contributed by atoms with Crippen LogP contribution in [0.5, 0.6) is 0 Å². The first-order valence-electron chi connectivity index (χ1n) is 7.04. The van der Waals surface area contributed by atoms with E-state index in [1.807, 2.05) is 6.92 Å². The zero-order valence-electron chi connectivity index (χ0n) is 11.7. The number of hydrogen-bond acceptors (Lipinski definition) is 3. The summed E-state index contributed by atoms with van der Waals surface area (Å²) in [5.41, 5.74) is 0. The van der Waals surface area contributed by atoms with Crippen LogP contribution >= 0.6 is 0 Å². The fourth-order valence-corrected chi connectivity index (χ4v) is 4.44. The molecule has 0 saturated carbocycles. The van der Waals surface area contributed by atoms with Gasteiger partial charge in [-0.3, -0.25) is 0 Å². The first-order valence-corrected chi connectivity index (χ1v) is 8.48. The highest BCUT2D eigenvalue weighted by atomic mass is 32.2. The Labute approximate surface area is 120 Å². The van der Waals surface area contributed by atoms with Crippen molar-refractivity contribution in [1.29, 1.82) is 0 Å². The molecule has 0 radical (unpaired) electrons. The van der Waals surface area contributed by atoms with Crippen LogP contribution < -0.4 is 5.32 Å². The van der Waals surface area contributed by atoms with E-state index in [1.54, 1.807) is 6.07 Å². The van der Waals surface area contributed by atoms with E-state index in [4.69, 9.17) is 0 Å². The zero-order chi connectivity index (χ0) is 14.6. The number of benzene rings is 1. The van der Waals surface area contributed by atoms with Gasteiger partial charge in [0, 0.05) is 12.6 Å². The number of hydrogen-bond donors (Lipinski definition) is 1. The molecule has 20 heavy (non-hydrogen) atoms. The number of halogens is 1. The maximum absolute atomic E-state index is 13.8. The molecule has 112 valence electrons. The highest BCUT2D eigenvalue weighted by Gasteiger charge is 2.33. The van der Waals surface area contributed by atoms with Gasteiger partial charge in [0.05, 0.1) is 0 Å². The fourth-order valence-electron chi connectivity index (χ4n) is 2.59. The summed E-state index contributed by atoms with van der Waals surface area (Å²) in [5, 5.41) is 3.22. The molecule has 0 aliphatic carbocycles. The smallest absolute Gasteiger partial charge is 0.246 e. The number of nitrogens with one attached hydrogen (secondary N) is 1.